The predicted octanol–water partition coefficient (Wildman–Crippen LogP) is 2.22. The van der Waals surface area contributed by atoms with Gasteiger partial charge in [0.2, 0.25) is 5.95 Å². The Bertz CT molecular complexity index is 640. The highest BCUT2D eigenvalue weighted by molar-refractivity contribution is 5.53. The molecular weight excluding hydrogens is 338 g/mol. The van der Waals surface area contributed by atoms with Gasteiger partial charge in [-0.25, -0.2) is 4.98 Å². The van der Waals surface area contributed by atoms with Gasteiger partial charge >= 0.3 is 0 Å². The SMILES string of the molecule is Cc1nc(N2CCCC2)nc(N2C[C@@H](CN3CCCCC3)[C@@H](CO)C2)c1C. The summed E-state index contributed by atoms with van der Waals surface area (Å²) >= 11 is 0. The molecule has 0 unspecified atom stereocenters. The third-order valence-electron chi connectivity index (χ3n) is 6.79. The summed E-state index contributed by atoms with van der Waals surface area (Å²) in [6, 6.07) is 0. The van der Waals surface area contributed by atoms with E-state index < -0.39 is 0 Å². The number of hydrogen-bond acceptors (Lipinski definition) is 6. The molecule has 3 aliphatic rings. The number of aryl methyl sites for hydroxylation is 1. The minimum atomic E-state index is 0.275. The molecule has 0 aliphatic carbocycles. The number of rotatable bonds is 5. The van der Waals surface area contributed by atoms with Crippen molar-refractivity contribution >= 4 is 11.8 Å². The average molecular weight is 374 g/mol. The molecule has 4 heterocycles. The smallest absolute Gasteiger partial charge is 0.227 e. The fourth-order valence-corrected chi connectivity index (χ4v) is 4.96. The van der Waals surface area contributed by atoms with Gasteiger partial charge in [-0.05, 0) is 58.5 Å². The van der Waals surface area contributed by atoms with Crippen LogP contribution < -0.4 is 9.80 Å². The molecule has 6 heteroatoms. The molecule has 0 bridgehead atoms. The van der Waals surface area contributed by atoms with Crippen LogP contribution in [0.25, 0.3) is 0 Å². The fourth-order valence-electron chi connectivity index (χ4n) is 4.96. The van der Waals surface area contributed by atoms with E-state index in [-0.39, 0.29) is 6.61 Å². The number of likely N-dealkylation sites (tertiary alicyclic amines) is 1. The van der Waals surface area contributed by atoms with E-state index in [1.165, 1.54) is 50.8 Å². The number of hydrogen-bond donors (Lipinski definition) is 1. The van der Waals surface area contributed by atoms with E-state index in [1.807, 2.05) is 0 Å². The second-order valence-corrected chi connectivity index (χ2v) is 8.72. The quantitative estimate of drug-likeness (QED) is 0.854. The monoisotopic (exact) mass is 373 g/mol. The first-order valence-electron chi connectivity index (χ1n) is 10.8. The lowest BCUT2D eigenvalue weighted by Gasteiger charge is -2.30. The Morgan fingerprint density at radius 2 is 1.52 bits per heavy atom. The van der Waals surface area contributed by atoms with Crippen LogP contribution >= 0.6 is 0 Å². The lowest BCUT2D eigenvalue weighted by atomic mass is 9.95. The first-order chi connectivity index (χ1) is 13.2. The number of aromatic nitrogens is 2. The van der Waals surface area contributed by atoms with Crippen molar-refractivity contribution in [1.29, 1.82) is 0 Å². The van der Waals surface area contributed by atoms with Crippen LogP contribution in [0.5, 0.6) is 0 Å². The largest absolute Gasteiger partial charge is 0.396 e. The maximum Gasteiger partial charge on any atom is 0.227 e. The fraction of sp³-hybridized carbons (Fsp3) is 0.810. The summed E-state index contributed by atoms with van der Waals surface area (Å²) in [7, 11) is 0. The zero-order valence-corrected chi connectivity index (χ0v) is 17.0. The third-order valence-corrected chi connectivity index (χ3v) is 6.79. The third kappa shape index (κ3) is 4.06. The number of nitrogens with zero attached hydrogens (tertiary/aromatic N) is 5. The Kier molecular flexibility index (Phi) is 5.83. The van der Waals surface area contributed by atoms with Crippen molar-refractivity contribution < 1.29 is 5.11 Å². The zero-order chi connectivity index (χ0) is 18.8. The number of aliphatic hydroxyl groups excluding tert-OH is 1. The first kappa shape index (κ1) is 18.9. The molecular formula is C21H35N5O. The van der Waals surface area contributed by atoms with Gasteiger partial charge in [-0.15, -0.1) is 0 Å². The highest BCUT2D eigenvalue weighted by Crippen LogP contribution is 2.32. The van der Waals surface area contributed by atoms with E-state index >= 15 is 0 Å². The van der Waals surface area contributed by atoms with Crippen LogP contribution in [0.15, 0.2) is 0 Å². The second kappa shape index (κ2) is 8.31. The van der Waals surface area contributed by atoms with E-state index in [9.17, 15) is 5.11 Å². The molecule has 3 fully saturated rings. The molecule has 4 rings (SSSR count). The minimum Gasteiger partial charge on any atom is -0.396 e. The maximum atomic E-state index is 10.00. The number of anilines is 2. The van der Waals surface area contributed by atoms with E-state index in [0.29, 0.717) is 11.8 Å². The van der Waals surface area contributed by atoms with Crippen LogP contribution in [-0.2, 0) is 0 Å². The normalized spacial score (nSPS) is 26.9. The van der Waals surface area contributed by atoms with Gasteiger partial charge in [0.1, 0.15) is 5.82 Å². The Morgan fingerprint density at radius 1 is 0.852 bits per heavy atom. The molecule has 1 N–H and O–H groups in total. The molecule has 3 aliphatic heterocycles. The van der Waals surface area contributed by atoms with Crippen LogP contribution in [0.3, 0.4) is 0 Å². The Hall–Kier alpha value is -1.40. The summed E-state index contributed by atoms with van der Waals surface area (Å²) in [5.41, 5.74) is 2.27. The zero-order valence-electron chi connectivity index (χ0n) is 17.0. The second-order valence-electron chi connectivity index (χ2n) is 8.72. The van der Waals surface area contributed by atoms with Crippen molar-refractivity contribution in [3.05, 3.63) is 11.3 Å². The highest BCUT2D eigenvalue weighted by Gasteiger charge is 2.35. The van der Waals surface area contributed by atoms with Crippen molar-refractivity contribution in [2.75, 3.05) is 62.2 Å². The Labute approximate surface area is 163 Å². The van der Waals surface area contributed by atoms with E-state index in [0.717, 1.165) is 50.2 Å². The molecule has 3 saturated heterocycles. The van der Waals surface area contributed by atoms with Crippen LogP contribution in [0.1, 0.15) is 43.4 Å². The van der Waals surface area contributed by atoms with E-state index in [4.69, 9.17) is 9.97 Å². The first-order valence-corrected chi connectivity index (χ1v) is 10.8. The molecule has 1 aromatic rings. The standard InChI is InChI=1S/C21H35N5O/c1-16-17(2)22-21(25-10-6-7-11-25)23-20(16)26-13-18(19(14-26)15-27)12-24-8-4-3-5-9-24/h18-19,27H,3-15H2,1-2H3/t18-,19-/m1/s1. The van der Waals surface area contributed by atoms with Crippen molar-refractivity contribution in [1.82, 2.24) is 14.9 Å². The highest BCUT2D eigenvalue weighted by atomic mass is 16.3. The minimum absolute atomic E-state index is 0.275. The summed E-state index contributed by atoms with van der Waals surface area (Å²) in [5, 5.41) is 10.00. The van der Waals surface area contributed by atoms with Crippen molar-refractivity contribution in [3.8, 4) is 0 Å². The molecule has 1 aromatic heterocycles. The van der Waals surface area contributed by atoms with Gasteiger partial charge in [-0.2, -0.15) is 4.98 Å². The summed E-state index contributed by atoms with van der Waals surface area (Å²) in [6.45, 7) is 12.1. The van der Waals surface area contributed by atoms with Crippen LogP contribution in [-0.4, -0.2) is 72.4 Å². The molecule has 0 radical (unpaired) electrons. The van der Waals surface area contributed by atoms with Gasteiger partial charge in [-0.1, -0.05) is 6.42 Å². The summed E-state index contributed by atoms with van der Waals surface area (Å²) < 4.78 is 0. The Balaban J connectivity index is 1.52. The van der Waals surface area contributed by atoms with Crippen molar-refractivity contribution in [2.45, 2.75) is 46.0 Å². The van der Waals surface area contributed by atoms with Crippen molar-refractivity contribution in [3.63, 3.8) is 0 Å². The summed E-state index contributed by atoms with van der Waals surface area (Å²) in [4.78, 5) is 17.1. The van der Waals surface area contributed by atoms with Gasteiger partial charge in [0, 0.05) is 56.5 Å². The molecule has 2 atom stereocenters. The molecule has 6 nitrogen and oxygen atoms in total. The van der Waals surface area contributed by atoms with Gasteiger partial charge < -0.3 is 19.8 Å². The van der Waals surface area contributed by atoms with E-state index in [1.54, 1.807) is 0 Å². The molecule has 0 saturated carbocycles. The summed E-state index contributed by atoms with van der Waals surface area (Å²) in [6.07, 6.45) is 6.49. The van der Waals surface area contributed by atoms with Crippen LogP contribution in [0.2, 0.25) is 0 Å². The number of piperidine rings is 1. The average Bonchev–Trinajstić information content (AvgIpc) is 3.35. The van der Waals surface area contributed by atoms with E-state index in [2.05, 4.69) is 28.5 Å². The van der Waals surface area contributed by atoms with Crippen LogP contribution in [0, 0.1) is 25.7 Å². The van der Waals surface area contributed by atoms with Gasteiger partial charge in [0.05, 0.1) is 0 Å². The van der Waals surface area contributed by atoms with Gasteiger partial charge in [-0.3, -0.25) is 0 Å². The maximum absolute atomic E-state index is 10.00. The summed E-state index contributed by atoms with van der Waals surface area (Å²) in [5.74, 6) is 2.85. The molecule has 0 spiro atoms. The molecule has 0 aromatic carbocycles. The van der Waals surface area contributed by atoms with Crippen molar-refractivity contribution in [2.24, 2.45) is 11.8 Å². The number of aliphatic hydroxyl groups is 1. The molecule has 27 heavy (non-hydrogen) atoms. The Morgan fingerprint density at radius 3 is 2.22 bits per heavy atom. The lowest BCUT2D eigenvalue weighted by Crippen LogP contribution is -2.37. The molecule has 0 amide bonds. The topological polar surface area (TPSA) is 55.7 Å². The van der Waals surface area contributed by atoms with Gasteiger partial charge in [0.25, 0.3) is 0 Å². The van der Waals surface area contributed by atoms with Gasteiger partial charge in [0.15, 0.2) is 0 Å². The van der Waals surface area contributed by atoms with Crippen LogP contribution in [0.4, 0.5) is 11.8 Å². The lowest BCUT2D eigenvalue weighted by molar-refractivity contribution is 0.149. The molecule has 150 valence electrons. The predicted molar refractivity (Wildman–Crippen MR) is 110 cm³/mol.